The smallest absolute Gasteiger partial charge is 0.350 e. The molecule has 7 rings (SSSR count). The van der Waals surface area contributed by atoms with Gasteiger partial charge < -0.3 is 24.0 Å². The van der Waals surface area contributed by atoms with Gasteiger partial charge in [-0.25, -0.2) is 23.7 Å². The Balaban J connectivity index is 0.916. The summed E-state index contributed by atoms with van der Waals surface area (Å²) < 4.78 is 24.5. The van der Waals surface area contributed by atoms with Crippen LogP contribution in [0.15, 0.2) is 88.8 Å². The molecular formula is C33H37BrN10O4. The number of pyridine rings is 1. The molecule has 2 aliphatic rings. The number of halogens is 1. The van der Waals surface area contributed by atoms with Gasteiger partial charge in [-0.2, -0.15) is 5.10 Å². The van der Waals surface area contributed by atoms with Crippen LogP contribution in [-0.2, 0) is 21.8 Å². The van der Waals surface area contributed by atoms with Crippen LogP contribution < -0.4 is 20.2 Å². The minimum Gasteiger partial charge on any atom is -0.489 e. The highest BCUT2D eigenvalue weighted by atomic mass is 79.9. The van der Waals surface area contributed by atoms with E-state index in [1.54, 1.807) is 21.8 Å². The molecule has 0 aliphatic carbocycles. The molecule has 0 radical (unpaired) electrons. The van der Waals surface area contributed by atoms with Crippen molar-refractivity contribution in [1.82, 2.24) is 39.5 Å². The molecule has 15 heteroatoms. The highest BCUT2D eigenvalue weighted by Gasteiger charge is 2.44. The van der Waals surface area contributed by atoms with E-state index in [0.29, 0.717) is 25.5 Å². The number of aromatic nitrogens is 8. The minimum absolute atomic E-state index is 0.0640. The van der Waals surface area contributed by atoms with Crippen LogP contribution in [0.25, 0.3) is 5.69 Å². The fourth-order valence-electron chi connectivity index (χ4n) is 5.96. The summed E-state index contributed by atoms with van der Waals surface area (Å²) in [6.45, 7) is 8.40. The van der Waals surface area contributed by atoms with Gasteiger partial charge in [0.2, 0.25) is 5.79 Å². The number of benzene rings is 2. The number of tetrazole rings is 1. The third-order valence-corrected chi connectivity index (χ3v) is 9.39. The Morgan fingerprint density at radius 3 is 2.42 bits per heavy atom. The van der Waals surface area contributed by atoms with Crippen LogP contribution in [-0.4, -0.2) is 85.0 Å². The Bertz CT molecular complexity index is 1840. The lowest BCUT2D eigenvalue weighted by atomic mass is 10.1. The Morgan fingerprint density at radius 1 is 0.979 bits per heavy atom. The summed E-state index contributed by atoms with van der Waals surface area (Å²) in [7, 11) is 0. The molecule has 0 bridgehead atoms. The van der Waals surface area contributed by atoms with Crippen molar-refractivity contribution in [1.29, 1.82) is 0 Å². The zero-order valence-corrected chi connectivity index (χ0v) is 28.4. The van der Waals surface area contributed by atoms with Crippen molar-refractivity contribution in [2.45, 2.75) is 44.7 Å². The summed E-state index contributed by atoms with van der Waals surface area (Å²) in [6, 6.07) is 19.9. The maximum absolute atomic E-state index is 12.8. The Hall–Kier alpha value is -4.60. The third-order valence-electron chi connectivity index (χ3n) is 8.86. The van der Waals surface area contributed by atoms with Crippen LogP contribution in [0.5, 0.6) is 5.75 Å². The van der Waals surface area contributed by atoms with Crippen molar-refractivity contribution < 1.29 is 14.2 Å². The first-order chi connectivity index (χ1) is 23.4. The zero-order chi connectivity index (χ0) is 33.1. The largest absolute Gasteiger partial charge is 0.489 e. The van der Waals surface area contributed by atoms with E-state index < -0.39 is 5.79 Å². The van der Waals surface area contributed by atoms with E-state index in [0.717, 1.165) is 59.8 Å². The second-order valence-electron chi connectivity index (χ2n) is 12.0. The Morgan fingerprint density at radius 2 is 1.73 bits per heavy atom. The molecule has 0 amide bonds. The molecule has 0 N–H and O–H groups in total. The first-order valence-electron chi connectivity index (χ1n) is 16.0. The summed E-state index contributed by atoms with van der Waals surface area (Å²) in [4.78, 5) is 22.1. The maximum atomic E-state index is 12.8. The maximum Gasteiger partial charge on any atom is 0.350 e. The van der Waals surface area contributed by atoms with Gasteiger partial charge in [0.1, 0.15) is 43.5 Å². The Labute approximate surface area is 286 Å². The molecular weight excluding hydrogens is 680 g/mol. The van der Waals surface area contributed by atoms with E-state index in [1.807, 2.05) is 62.4 Å². The molecule has 2 aliphatic heterocycles. The molecule has 48 heavy (non-hydrogen) atoms. The van der Waals surface area contributed by atoms with Crippen molar-refractivity contribution in [3.8, 4) is 11.4 Å². The molecule has 2 saturated heterocycles. The van der Waals surface area contributed by atoms with Crippen molar-refractivity contribution in [2.75, 3.05) is 49.2 Å². The van der Waals surface area contributed by atoms with Crippen LogP contribution >= 0.6 is 15.9 Å². The third kappa shape index (κ3) is 6.70. The van der Waals surface area contributed by atoms with Crippen molar-refractivity contribution in [2.24, 2.45) is 0 Å². The quantitative estimate of drug-likeness (QED) is 0.198. The number of rotatable bonds is 11. The average molecular weight is 718 g/mol. The number of ether oxygens (including phenoxy) is 3. The van der Waals surface area contributed by atoms with Gasteiger partial charge >= 0.3 is 5.69 Å². The molecule has 5 aromatic rings. The number of nitrogens with zero attached hydrogens (tertiary/aromatic N) is 10. The molecule has 0 spiro atoms. The number of hydrogen-bond acceptors (Lipinski definition) is 11. The summed E-state index contributed by atoms with van der Waals surface area (Å²) in [5.74, 6) is 0.537. The van der Waals surface area contributed by atoms with E-state index in [1.165, 1.54) is 11.0 Å². The van der Waals surface area contributed by atoms with Crippen LogP contribution in [0.3, 0.4) is 0 Å². The van der Waals surface area contributed by atoms with Gasteiger partial charge in [0.15, 0.2) is 0 Å². The number of piperazine rings is 1. The monoisotopic (exact) mass is 716 g/mol. The van der Waals surface area contributed by atoms with Gasteiger partial charge in [-0.15, -0.1) is 5.10 Å². The molecule has 5 heterocycles. The summed E-state index contributed by atoms with van der Waals surface area (Å²) in [6.07, 6.45) is 5.44. The van der Waals surface area contributed by atoms with E-state index in [9.17, 15) is 4.79 Å². The van der Waals surface area contributed by atoms with E-state index in [2.05, 4.69) is 58.5 Å². The van der Waals surface area contributed by atoms with Crippen molar-refractivity contribution in [3.63, 3.8) is 0 Å². The fraction of sp³-hybridized carbons (Fsp3) is 0.394. The molecule has 2 aromatic carbocycles. The molecule has 0 saturated carbocycles. The molecule has 250 valence electrons. The van der Waals surface area contributed by atoms with E-state index >= 15 is 0 Å². The predicted molar refractivity (Wildman–Crippen MR) is 181 cm³/mol. The lowest BCUT2D eigenvalue weighted by Crippen LogP contribution is -2.46. The lowest BCUT2D eigenvalue weighted by molar-refractivity contribution is -0.191. The normalized spacial score (nSPS) is 20.3. The summed E-state index contributed by atoms with van der Waals surface area (Å²) >= 11 is 3.49. The van der Waals surface area contributed by atoms with Crippen molar-refractivity contribution in [3.05, 3.63) is 100 Å². The second kappa shape index (κ2) is 13.9. The van der Waals surface area contributed by atoms with Crippen LogP contribution in [0, 0.1) is 0 Å². The van der Waals surface area contributed by atoms with Gasteiger partial charge in [-0.05, 0) is 72.3 Å². The second-order valence-corrected chi connectivity index (χ2v) is 12.9. The molecule has 1 unspecified atom stereocenters. The SMILES string of the molecule is CCC(C)n1ncn(-c2ccc(N3CCN(c4ccc(OC[C@@H]5CO[C@@](Cn6cnnn6)(c6ccc(Br)cc6)O5)cn4)CC3)cc2)c1=O. The van der Waals surface area contributed by atoms with Gasteiger partial charge in [0.25, 0.3) is 0 Å². The molecule has 2 fully saturated rings. The molecule has 14 nitrogen and oxygen atoms in total. The van der Waals surface area contributed by atoms with Crippen LogP contribution in [0.2, 0.25) is 0 Å². The summed E-state index contributed by atoms with van der Waals surface area (Å²) in [5, 5.41) is 15.8. The zero-order valence-electron chi connectivity index (χ0n) is 26.8. The standard InChI is InChI=1S/C33H37BrN10O4/c1-3-24(2)44-32(45)43(23-37-44)28-10-8-27(9-11-28)40-14-16-41(17-15-40)31-13-12-29(18-35-31)46-19-30-20-47-33(48-30,21-42-22-36-38-39-42)25-4-6-26(34)7-5-25/h4-13,18,22-24,30H,3,14-17,19-21H2,1-2H3/t24?,30-,33-/m1/s1. The molecule has 3 aromatic heterocycles. The van der Waals surface area contributed by atoms with E-state index in [-0.39, 0.29) is 17.8 Å². The van der Waals surface area contributed by atoms with Crippen molar-refractivity contribution >= 4 is 27.4 Å². The van der Waals surface area contributed by atoms with Crippen LogP contribution in [0.1, 0.15) is 31.9 Å². The average Bonchev–Trinajstić information content (AvgIpc) is 3.89. The van der Waals surface area contributed by atoms with Gasteiger partial charge in [-0.3, -0.25) is 0 Å². The van der Waals surface area contributed by atoms with Gasteiger partial charge in [0, 0.05) is 41.9 Å². The first-order valence-corrected chi connectivity index (χ1v) is 16.8. The minimum atomic E-state index is -1.03. The van der Waals surface area contributed by atoms with Gasteiger partial charge in [0.05, 0.1) is 24.5 Å². The first kappa shape index (κ1) is 32.0. The fourth-order valence-corrected chi connectivity index (χ4v) is 6.23. The molecule has 3 atom stereocenters. The number of hydrogen-bond donors (Lipinski definition) is 0. The predicted octanol–water partition coefficient (Wildman–Crippen LogP) is 3.82. The number of anilines is 2. The Kier molecular flexibility index (Phi) is 9.23. The van der Waals surface area contributed by atoms with Crippen LogP contribution in [0.4, 0.5) is 11.5 Å². The summed E-state index contributed by atoms with van der Waals surface area (Å²) in [5.41, 5.74) is 2.68. The lowest BCUT2D eigenvalue weighted by Gasteiger charge is -2.36. The van der Waals surface area contributed by atoms with Gasteiger partial charge in [-0.1, -0.05) is 35.0 Å². The highest BCUT2D eigenvalue weighted by Crippen LogP contribution is 2.36. The highest BCUT2D eigenvalue weighted by molar-refractivity contribution is 9.10. The topological polar surface area (TPSA) is 130 Å². The van der Waals surface area contributed by atoms with E-state index in [4.69, 9.17) is 19.2 Å².